The average molecular weight is 255 g/mol. The highest BCUT2D eigenvalue weighted by atomic mass is 16.5. The second-order valence-electron chi connectivity index (χ2n) is 5.87. The van der Waals surface area contributed by atoms with Gasteiger partial charge in [0.2, 0.25) is 0 Å². The van der Waals surface area contributed by atoms with Gasteiger partial charge in [0.05, 0.1) is 12.2 Å². The molecule has 0 aromatic rings. The molecule has 0 aromatic carbocycles. The Morgan fingerprint density at radius 1 is 1.22 bits per heavy atom. The molecule has 4 heteroatoms. The third kappa shape index (κ3) is 3.67. The maximum Gasteiger partial charge on any atom is 0.0707 e. The van der Waals surface area contributed by atoms with Crippen molar-refractivity contribution in [2.45, 2.75) is 50.9 Å². The summed E-state index contributed by atoms with van der Waals surface area (Å²) in [6.07, 6.45) is 5.56. The van der Waals surface area contributed by atoms with Crippen molar-refractivity contribution < 1.29 is 4.74 Å². The molecule has 3 atom stereocenters. The highest BCUT2D eigenvalue weighted by Gasteiger charge is 2.29. The molecule has 2 aliphatic heterocycles. The van der Waals surface area contributed by atoms with Gasteiger partial charge in [-0.05, 0) is 45.8 Å². The van der Waals surface area contributed by atoms with Gasteiger partial charge in [0.1, 0.15) is 0 Å². The standard InChI is InChI=1S/C14H29N3O/c1-3-12-10-16(2)7-4-8-17(12)11-14-6-5-13(9-15)18-14/h12-14H,3-11,15H2,1-2H3. The van der Waals surface area contributed by atoms with E-state index in [-0.39, 0.29) is 0 Å². The Morgan fingerprint density at radius 2 is 2.00 bits per heavy atom. The maximum atomic E-state index is 5.99. The van der Waals surface area contributed by atoms with Crippen molar-refractivity contribution in [3.05, 3.63) is 0 Å². The number of nitrogens with two attached hydrogens (primary N) is 1. The zero-order valence-electron chi connectivity index (χ0n) is 12.0. The van der Waals surface area contributed by atoms with Crippen LogP contribution in [0.1, 0.15) is 32.6 Å². The number of hydrogen-bond acceptors (Lipinski definition) is 4. The number of likely N-dealkylation sites (N-methyl/N-ethyl adjacent to an activating group) is 1. The molecule has 0 bridgehead atoms. The summed E-state index contributed by atoms with van der Waals surface area (Å²) < 4.78 is 5.99. The lowest BCUT2D eigenvalue weighted by atomic mass is 10.1. The van der Waals surface area contributed by atoms with E-state index in [2.05, 4.69) is 23.8 Å². The summed E-state index contributed by atoms with van der Waals surface area (Å²) in [6, 6.07) is 0.693. The van der Waals surface area contributed by atoms with Gasteiger partial charge in [-0.2, -0.15) is 0 Å². The van der Waals surface area contributed by atoms with Crippen molar-refractivity contribution in [1.29, 1.82) is 0 Å². The van der Waals surface area contributed by atoms with Crippen LogP contribution in [0.25, 0.3) is 0 Å². The maximum absolute atomic E-state index is 5.99. The highest BCUT2D eigenvalue weighted by Crippen LogP contribution is 2.22. The van der Waals surface area contributed by atoms with Gasteiger partial charge in [0.15, 0.2) is 0 Å². The van der Waals surface area contributed by atoms with Gasteiger partial charge < -0.3 is 15.4 Å². The fourth-order valence-corrected chi connectivity index (χ4v) is 3.27. The number of hydrogen-bond donors (Lipinski definition) is 1. The zero-order chi connectivity index (χ0) is 13.0. The van der Waals surface area contributed by atoms with Crippen LogP contribution in [0.15, 0.2) is 0 Å². The van der Waals surface area contributed by atoms with Crippen molar-refractivity contribution in [3.8, 4) is 0 Å². The number of rotatable bonds is 4. The molecule has 2 heterocycles. The first-order valence-corrected chi connectivity index (χ1v) is 7.51. The number of ether oxygens (including phenoxy) is 1. The van der Waals surface area contributed by atoms with Gasteiger partial charge in [0, 0.05) is 25.7 Å². The normalized spacial score (nSPS) is 35.8. The molecule has 0 radical (unpaired) electrons. The molecule has 2 fully saturated rings. The van der Waals surface area contributed by atoms with Crippen LogP contribution in [0.4, 0.5) is 0 Å². The summed E-state index contributed by atoms with van der Waals surface area (Å²) >= 11 is 0. The van der Waals surface area contributed by atoms with Crippen LogP contribution in [-0.4, -0.2) is 67.8 Å². The fourth-order valence-electron chi connectivity index (χ4n) is 3.27. The third-order valence-corrected chi connectivity index (χ3v) is 4.39. The van der Waals surface area contributed by atoms with E-state index in [1.807, 2.05) is 0 Å². The molecule has 0 aliphatic carbocycles. The van der Waals surface area contributed by atoms with E-state index in [9.17, 15) is 0 Å². The van der Waals surface area contributed by atoms with E-state index >= 15 is 0 Å². The summed E-state index contributed by atoms with van der Waals surface area (Å²) in [6.45, 7) is 7.72. The fraction of sp³-hybridized carbons (Fsp3) is 1.00. The van der Waals surface area contributed by atoms with E-state index < -0.39 is 0 Å². The van der Waals surface area contributed by atoms with E-state index in [0.717, 1.165) is 13.0 Å². The van der Waals surface area contributed by atoms with E-state index in [1.165, 1.54) is 38.9 Å². The van der Waals surface area contributed by atoms with Crippen LogP contribution in [-0.2, 0) is 4.74 Å². The zero-order valence-corrected chi connectivity index (χ0v) is 12.0. The first-order chi connectivity index (χ1) is 8.72. The lowest BCUT2D eigenvalue weighted by Gasteiger charge is -2.32. The minimum Gasteiger partial charge on any atom is -0.372 e. The van der Waals surface area contributed by atoms with Crippen LogP contribution >= 0.6 is 0 Å². The molecule has 3 unspecified atom stereocenters. The Labute approximate surface area is 111 Å². The topological polar surface area (TPSA) is 41.7 Å². The molecule has 2 rings (SSSR count). The second kappa shape index (κ2) is 6.85. The van der Waals surface area contributed by atoms with E-state index in [0.29, 0.717) is 24.8 Å². The molecule has 0 spiro atoms. The summed E-state index contributed by atoms with van der Waals surface area (Å²) in [7, 11) is 2.24. The SMILES string of the molecule is CCC1CN(C)CCCN1CC1CCC(CN)O1. The minimum absolute atomic E-state index is 0.310. The molecule has 0 aromatic heterocycles. The summed E-state index contributed by atoms with van der Waals surface area (Å²) in [5, 5.41) is 0. The van der Waals surface area contributed by atoms with Crippen molar-refractivity contribution in [1.82, 2.24) is 9.80 Å². The van der Waals surface area contributed by atoms with Crippen molar-refractivity contribution in [2.75, 3.05) is 39.8 Å². The average Bonchev–Trinajstić information content (AvgIpc) is 2.74. The molecule has 0 saturated carbocycles. The molecule has 2 aliphatic rings. The van der Waals surface area contributed by atoms with Gasteiger partial charge in [-0.15, -0.1) is 0 Å². The lowest BCUT2D eigenvalue weighted by molar-refractivity contribution is 0.0176. The summed E-state index contributed by atoms with van der Waals surface area (Å²) in [5.74, 6) is 0. The van der Waals surface area contributed by atoms with Crippen LogP contribution in [0.2, 0.25) is 0 Å². The first-order valence-electron chi connectivity index (χ1n) is 7.51. The highest BCUT2D eigenvalue weighted by molar-refractivity contribution is 4.83. The molecule has 2 N–H and O–H groups in total. The Bertz CT molecular complexity index is 249. The van der Waals surface area contributed by atoms with Crippen LogP contribution in [0, 0.1) is 0 Å². The largest absolute Gasteiger partial charge is 0.372 e. The van der Waals surface area contributed by atoms with Gasteiger partial charge >= 0.3 is 0 Å². The Balaban J connectivity index is 1.86. The van der Waals surface area contributed by atoms with Gasteiger partial charge in [-0.3, -0.25) is 4.90 Å². The summed E-state index contributed by atoms with van der Waals surface area (Å²) in [5.41, 5.74) is 5.68. The van der Waals surface area contributed by atoms with Crippen molar-refractivity contribution >= 4 is 0 Å². The molecule has 18 heavy (non-hydrogen) atoms. The van der Waals surface area contributed by atoms with Crippen molar-refractivity contribution in [2.24, 2.45) is 5.73 Å². The summed E-state index contributed by atoms with van der Waals surface area (Å²) in [4.78, 5) is 5.11. The monoisotopic (exact) mass is 255 g/mol. The van der Waals surface area contributed by atoms with E-state index in [4.69, 9.17) is 10.5 Å². The first kappa shape index (κ1) is 14.3. The van der Waals surface area contributed by atoms with Crippen LogP contribution in [0.3, 0.4) is 0 Å². The Kier molecular flexibility index (Phi) is 5.42. The molecule has 0 amide bonds. The quantitative estimate of drug-likeness (QED) is 0.811. The van der Waals surface area contributed by atoms with Crippen molar-refractivity contribution in [3.63, 3.8) is 0 Å². The number of nitrogens with zero attached hydrogens (tertiary/aromatic N) is 2. The van der Waals surface area contributed by atoms with Crippen LogP contribution in [0.5, 0.6) is 0 Å². The Morgan fingerprint density at radius 3 is 2.67 bits per heavy atom. The van der Waals surface area contributed by atoms with Crippen LogP contribution < -0.4 is 5.73 Å². The lowest BCUT2D eigenvalue weighted by Crippen LogP contribution is -2.43. The van der Waals surface area contributed by atoms with E-state index in [1.54, 1.807) is 0 Å². The molecular formula is C14H29N3O. The Hall–Kier alpha value is -0.160. The minimum atomic E-state index is 0.310. The molecule has 106 valence electrons. The van der Waals surface area contributed by atoms with Gasteiger partial charge in [0.25, 0.3) is 0 Å². The smallest absolute Gasteiger partial charge is 0.0707 e. The van der Waals surface area contributed by atoms with Gasteiger partial charge in [-0.25, -0.2) is 0 Å². The molecule has 4 nitrogen and oxygen atoms in total. The van der Waals surface area contributed by atoms with Gasteiger partial charge in [-0.1, -0.05) is 6.92 Å². The molecule has 2 saturated heterocycles. The third-order valence-electron chi connectivity index (χ3n) is 4.39. The molecular weight excluding hydrogens is 226 g/mol. The predicted octanol–water partition coefficient (Wildman–Crippen LogP) is 0.909. The second-order valence-corrected chi connectivity index (χ2v) is 5.87. The predicted molar refractivity (Wildman–Crippen MR) is 74.7 cm³/mol.